The molecule has 1 N–H and O–H groups in total. The summed E-state index contributed by atoms with van der Waals surface area (Å²) < 4.78 is 0. The van der Waals surface area contributed by atoms with E-state index in [1.165, 1.54) is 19.4 Å². The third-order valence-electron chi connectivity index (χ3n) is 6.04. The van der Waals surface area contributed by atoms with Gasteiger partial charge in [-0.2, -0.15) is 5.26 Å². The largest absolute Gasteiger partial charge is 0.356 e. The average Bonchev–Trinajstić information content (AvgIpc) is 3.18. The van der Waals surface area contributed by atoms with E-state index in [4.69, 9.17) is 0 Å². The number of carbonyl (C=O) groups excluding carboxylic acids is 1. The lowest BCUT2D eigenvalue weighted by Crippen LogP contribution is -2.40. The summed E-state index contributed by atoms with van der Waals surface area (Å²) in [5.74, 6) is 1.57. The van der Waals surface area contributed by atoms with Crippen LogP contribution in [0.5, 0.6) is 0 Å². The maximum atomic E-state index is 12.2. The van der Waals surface area contributed by atoms with Gasteiger partial charge in [0.05, 0.1) is 5.56 Å². The molecule has 3 rings (SSSR count). The summed E-state index contributed by atoms with van der Waals surface area (Å²) >= 11 is 0. The van der Waals surface area contributed by atoms with E-state index in [0.29, 0.717) is 23.9 Å². The number of pyridine rings is 1. The zero-order chi connectivity index (χ0) is 19.1. The van der Waals surface area contributed by atoms with Gasteiger partial charge in [0.2, 0.25) is 5.91 Å². The molecule has 0 spiro atoms. The van der Waals surface area contributed by atoms with E-state index >= 15 is 0 Å². The van der Waals surface area contributed by atoms with Crippen molar-refractivity contribution in [1.29, 1.82) is 5.26 Å². The molecule has 6 nitrogen and oxygen atoms in total. The topological polar surface area (TPSA) is 72.3 Å². The van der Waals surface area contributed by atoms with E-state index < -0.39 is 0 Å². The molecule has 0 unspecified atom stereocenters. The number of carbonyl (C=O) groups is 1. The molecule has 0 radical (unpaired) electrons. The Balaban J connectivity index is 1.37. The van der Waals surface area contributed by atoms with Gasteiger partial charge in [0, 0.05) is 38.3 Å². The number of rotatable bonds is 7. The molecule has 2 fully saturated rings. The smallest absolute Gasteiger partial charge is 0.220 e. The molecule has 6 heteroatoms. The second kappa shape index (κ2) is 9.70. The molecule has 0 aromatic carbocycles. The zero-order valence-corrected chi connectivity index (χ0v) is 16.4. The summed E-state index contributed by atoms with van der Waals surface area (Å²) in [6, 6.07) is 6.38. The number of nitrogens with one attached hydrogen (secondary N) is 1. The maximum absolute atomic E-state index is 12.2. The fraction of sp³-hybridized carbons (Fsp3) is 0.667. The first kappa shape index (κ1) is 19.6. The Morgan fingerprint density at radius 2 is 2.15 bits per heavy atom. The number of anilines is 1. The van der Waals surface area contributed by atoms with Crippen molar-refractivity contribution < 1.29 is 4.79 Å². The monoisotopic (exact) mass is 369 g/mol. The van der Waals surface area contributed by atoms with Crippen LogP contribution in [0.25, 0.3) is 0 Å². The summed E-state index contributed by atoms with van der Waals surface area (Å²) in [5, 5.41) is 12.4. The molecule has 27 heavy (non-hydrogen) atoms. The van der Waals surface area contributed by atoms with E-state index in [9.17, 15) is 10.1 Å². The van der Waals surface area contributed by atoms with Gasteiger partial charge in [-0.05, 0) is 63.2 Å². The van der Waals surface area contributed by atoms with Gasteiger partial charge >= 0.3 is 0 Å². The number of likely N-dealkylation sites (N-methyl/N-ethyl adjacent to an activating group) is 1. The lowest BCUT2D eigenvalue weighted by molar-refractivity contribution is -0.121. The molecule has 2 aliphatic rings. The van der Waals surface area contributed by atoms with Crippen LogP contribution < -0.4 is 10.2 Å². The Morgan fingerprint density at radius 3 is 2.89 bits per heavy atom. The van der Waals surface area contributed by atoms with E-state index in [-0.39, 0.29) is 5.91 Å². The fourth-order valence-electron chi connectivity index (χ4n) is 4.37. The van der Waals surface area contributed by atoms with Crippen LogP contribution in [-0.4, -0.2) is 54.6 Å². The number of amides is 1. The van der Waals surface area contributed by atoms with Crippen molar-refractivity contribution in [1.82, 2.24) is 15.2 Å². The lowest BCUT2D eigenvalue weighted by atomic mass is 9.92. The molecule has 1 amide bonds. The molecule has 1 atom stereocenters. The number of nitriles is 1. The molecule has 0 aliphatic carbocycles. The maximum Gasteiger partial charge on any atom is 0.220 e. The summed E-state index contributed by atoms with van der Waals surface area (Å²) in [6.45, 7) is 7.04. The molecule has 2 saturated heterocycles. The minimum atomic E-state index is 0.192. The number of aromatic nitrogens is 1. The average molecular weight is 370 g/mol. The van der Waals surface area contributed by atoms with E-state index in [2.05, 4.69) is 33.1 Å². The van der Waals surface area contributed by atoms with Gasteiger partial charge in [0.1, 0.15) is 11.9 Å². The van der Waals surface area contributed by atoms with Crippen LogP contribution in [-0.2, 0) is 4.79 Å². The summed E-state index contributed by atoms with van der Waals surface area (Å²) in [5.41, 5.74) is 0.642. The Hall–Kier alpha value is -2.13. The first-order valence-corrected chi connectivity index (χ1v) is 10.3. The first-order valence-electron chi connectivity index (χ1n) is 10.3. The number of likely N-dealkylation sites (tertiary alicyclic amines) is 1. The van der Waals surface area contributed by atoms with Crippen molar-refractivity contribution in [3.05, 3.63) is 23.9 Å². The minimum Gasteiger partial charge on any atom is -0.356 e. The van der Waals surface area contributed by atoms with Crippen LogP contribution in [0.2, 0.25) is 0 Å². The SMILES string of the molecule is CCN1CCC[C@@H]1CNC(=O)CCC1CCN(c2ncccc2C#N)CC1. The molecule has 1 aromatic rings. The van der Waals surface area contributed by atoms with Crippen LogP contribution in [0, 0.1) is 17.2 Å². The number of hydrogen-bond acceptors (Lipinski definition) is 5. The third-order valence-corrected chi connectivity index (χ3v) is 6.04. The molecule has 146 valence electrons. The fourth-order valence-corrected chi connectivity index (χ4v) is 4.37. The van der Waals surface area contributed by atoms with Crippen LogP contribution in [0.1, 0.15) is 51.0 Å². The highest BCUT2D eigenvalue weighted by atomic mass is 16.1. The van der Waals surface area contributed by atoms with Crippen molar-refractivity contribution in [2.45, 2.75) is 51.5 Å². The van der Waals surface area contributed by atoms with Crippen molar-refractivity contribution in [3.8, 4) is 6.07 Å². The quantitative estimate of drug-likeness (QED) is 0.800. The summed E-state index contributed by atoms with van der Waals surface area (Å²) in [4.78, 5) is 21.3. The van der Waals surface area contributed by atoms with Crippen molar-refractivity contribution in [2.24, 2.45) is 5.92 Å². The van der Waals surface area contributed by atoms with Crippen LogP contribution >= 0.6 is 0 Å². The van der Waals surface area contributed by atoms with Gasteiger partial charge in [-0.15, -0.1) is 0 Å². The van der Waals surface area contributed by atoms with Gasteiger partial charge in [0.25, 0.3) is 0 Å². The molecule has 3 heterocycles. The van der Waals surface area contributed by atoms with E-state index in [1.807, 2.05) is 6.07 Å². The molecule has 2 aliphatic heterocycles. The van der Waals surface area contributed by atoms with Gasteiger partial charge in [0.15, 0.2) is 0 Å². The normalized spacial score (nSPS) is 21.2. The molecule has 0 bridgehead atoms. The standard InChI is InChI=1S/C21H31N5O/c1-2-25-12-4-6-19(25)16-24-20(27)8-7-17-9-13-26(14-10-17)21-18(15-22)5-3-11-23-21/h3,5,11,17,19H,2,4,6-10,12-14,16H2,1H3,(H,24,27)/t19-/m1/s1. The minimum absolute atomic E-state index is 0.192. The van der Waals surface area contributed by atoms with Gasteiger partial charge < -0.3 is 10.2 Å². The highest BCUT2D eigenvalue weighted by molar-refractivity contribution is 5.75. The third kappa shape index (κ3) is 5.20. The van der Waals surface area contributed by atoms with Gasteiger partial charge in [-0.1, -0.05) is 6.92 Å². The highest BCUT2D eigenvalue weighted by Crippen LogP contribution is 2.26. The van der Waals surface area contributed by atoms with E-state index in [1.54, 1.807) is 12.3 Å². The number of piperidine rings is 1. The lowest BCUT2D eigenvalue weighted by Gasteiger charge is -2.33. The van der Waals surface area contributed by atoms with Crippen LogP contribution in [0.4, 0.5) is 5.82 Å². The van der Waals surface area contributed by atoms with Gasteiger partial charge in [-0.25, -0.2) is 4.98 Å². The van der Waals surface area contributed by atoms with Crippen molar-refractivity contribution in [2.75, 3.05) is 37.6 Å². The van der Waals surface area contributed by atoms with Crippen molar-refractivity contribution in [3.63, 3.8) is 0 Å². The second-order valence-electron chi connectivity index (χ2n) is 7.68. The second-order valence-corrected chi connectivity index (χ2v) is 7.68. The highest BCUT2D eigenvalue weighted by Gasteiger charge is 2.24. The molecular formula is C21H31N5O. The Bertz CT molecular complexity index is 663. The molecular weight excluding hydrogens is 338 g/mol. The number of nitrogens with zero attached hydrogens (tertiary/aromatic N) is 4. The Labute approximate surface area is 162 Å². The zero-order valence-electron chi connectivity index (χ0n) is 16.4. The first-order chi connectivity index (χ1) is 13.2. The Morgan fingerprint density at radius 1 is 1.33 bits per heavy atom. The van der Waals surface area contributed by atoms with Gasteiger partial charge in [-0.3, -0.25) is 9.69 Å². The summed E-state index contributed by atoms with van der Waals surface area (Å²) in [6.07, 6.45) is 7.88. The predicted molar refractivity (Wildman–Crippen MR) is 106 cm³/mol. The summed E-state index contributed by atoms with van der Waals surface area (Å²) in [7, 11) is 0. The molecule has 0 saturated carbocycles. The van der Waals surface area contributed by atoms with Crippen LogP contribution in [0.3, 0.4) is 0 Å². The molecule has 1 aromatic heterocycles. The predicted octanol–water partition coefficient (Wildman–Crippen LogP) is 2.55. The Kier molecular flexibility index (Phi) is 7.05. The van der Waals surface area contributed by atoms with Crippen molar-refractivity contribution >= 4 is 11.7 Å². The van der Waals surface area contributed by atoms with E-state index in [0.717, 1.165) is 51.3 Å². The van der Waals surface area contributed by atoms with Crippen LogP contribution in [0.15, 0.2) is 18.3 Å². The number of hydrogen-bond donors (Lipinski definition) is 1.